The van der Waals surface area contributed by atoms with Gasteiger partial charge in [0.2, 0.25) is 0 Å². The molecule has 0 radical (unpaired) electrons. The zero-order chi connectivity index (χ0) is 18.3. The van der Waals surface area contributed by atoms with Gasteiger partial charge in [0, 0.05) is 6.16 Å². The molecule has 0 heterocycles. The topological polar surface area (TPSA) is 18.5 Å². The van der Waals surface area contributed by atoms with E-state index in [0.29, 0.717) is 0 Å². The quantitative estimate of drug-likeness (QED) is 0.247. The van der Waals surface area contributed by atoms with Crippen molar-refractivity contribution < 1.29 is 9.05 Å². The van der Waals surface area contributed by atoms with Gasteiger partial charge in [-0.25, -0.2) is 0 Å². The van der Waals surface area contributed by atoms with Crippen molar-refractivity contribution in [2.45, 2.75) is 64.7 Å². The van der Waals surface area contributed by atoms with Crippen molar-refractivity contribution in [2.75, 3.05) is 6.16 Å². The Morgan fingerprint density at radius 1 is 0.577 bits per heavy atom. The van der Waals surface area contributed by atoms with Gasteiger partial charge in [-0.15, -0.1) is 0 Å². The molecule has 0 unspecified atom stereocenters. The molecule has 0 N–H and O–H groups in total. The second-order valence-corrected chi connectivity index (χ2v) is 8.17. The SMILES string of the molecule is CCCCCCCCCCCP(Oc1ccccc1)Oc1ccccc1. The first-order chi connectivity index (χ1) is 12.9. The third kappa shape index (κ3) is 9.25. The maximum atomic E-state index is 6.13. The van der Waals surface area contributed by atoms with Crippen LogP contribution in [0.3, 0.4) is 0 Å². The molecule has 0 atom stereocenters. The Kier molecular flexibility index (Phi) is 10.9. The fraction of sp³-hybridized carbons (Fsp3) is 0.478. The smallest absolute Gasteiger partial charge is 0.290 e. The van der Waals surface area contributed by atoms with Crippen LogP contribution in [0.15, 0.2) is 60.7 Å². The summed E-state index contributed by atoms with van der Waals surface area (Å²) in [7, 11) is -0.946. The molecule has 2 aromatic rings. The molecule has 0 fully saturated rings. The van der Waals surface area contributed by atoms with Crippen LogP contribution < -0.4 is 9.05 Å². The van der Waals surface area contributed by atoms with Crippen LogP contribution in [0.25, 0.3) is 0 Å². The fourth-order valence-corrected chi connectivity index (χ4v) is 4.27. The van der Waals surface area contributed by atoms with E-state index in [-0.39, 0.29) is 0 Å². The maximum Gasteiger partial charge on any atom is 0.290 e. The molecular weight excluding hydrogens is 339 g/mol. The summed E-state index contributed by atoms with van der Waals surface area (Å²) in [5.74, 6) is 1.79. The van der Waals surface area contributed by atoms with Crippen LogP contribution in [0.2, 0.25) is 0 Å². The molecule has 0 aliphatic heterocycles. The molecule has 0 aromatic heterocycles. The summed E-state index contributed by atoms with van der Waals surface area (Å²) >= 11 is 0. The van der Waals surface area contributed by atoms with Gasteiger partial charge in [0.1, 0.15) is 11.5 Å². The van der Waals surface area contributed by atoms with E-state index in [0.717, 1.165) is 17.7 Å². The van der Waals surface area contributed by atoms with E-state index in [9.17, 15) is 0 Å². The van der Waals surface area contributed by atoms with Crippen molar-refractivity contribution >= 4 is 8.38 Å². The lowest BCUT2D eigenvalue weighted by Gasteiger charge is -2.18. The van der Waals surface area contributed by atoms with Crippen LogP contribution in [-0.4, -0.2) is 6.16 Å². The summed E-state index contributed by atoms with van der Waals surface area (Å²) in [6.07, 6.45) is 13.0. The number of hydrogen-bond donors (Lipinski definition) is 0. The van der Waals surface area contributed by atoms with Crippen LogP contribution >= 0.6 is 8.38 Å². The van der Waals surface area contributed by atoms with E-state index < -0.39 is 8.38 Å². The summed E-state index contributed by atoms with van der Waals surface area (Å²) in [6.45, 7) is 2.27. The van der Waals surface area contributed by atoms with Gasteiger partial charge < -0.3 is 9.05 Å². The lowest BCUT2D eigenvalue weighted by molar-refractivity contribution is 0.484. The standard InChI is InChI=1S/C23H33O2P/c1-2-3-4-5-6-7-8-9-16-21-26(24-22-17-12-10-13-18-22)25-23-19-14-11-15-20-23/h10-15,17-20H,2-9,16,21H2,1H3. The summed E-state index contributed by atoms with van der Waals surface area (Å²) in [6, 6.07) is 20.0. The molecule has 0 saturated carbocycles. The highest BCUT2D eigenvalue weighted by Gasteiger charge is 2.14. The largest absolute Gasteiger partial charge is 0.439 e. The number of para-hydroxylation sites is 2. The van der Waals surface area contributed by atoms with Crippen molar-refractivity contribution in [2.24, 2.45) is 0 Å². The third-order valence-corrected chi connectivity index (χ3v) is 5.86. The Balaban J connectivity index is 1.70. The van der Waals surface area contributed by atoms with Crippen molar-refractivity contribution in [3.05, 3.63) is 60.7 Å². The summed E-state index contributed by atoms with van der Waals surface area (Å²) in [5, 5.41) is 0. The first-order valence-corrected chi connectivity index (χ1v) is 11.5. The van der Waals surface area contributed by atoms with Gasteiger partial charge >= 0.3 is 0 Å². The third-order valence-electron chi connectivity index (χ3n) is 4.35. The maximum absolute atomic E-state index is 6.13. The highest BCUT2D eigenvalue weighted by molar-refractivity contribution is 7.48. The molecule has 26 heavy (non-hydrogen) atoms. The predicted octanol–water partition coefficient (Wildman–Crippen LogP) is 7.99. The van der Waals surface area contributed by atoms with E-state index in [2.05, 4.69) is 6.92 Å². The van der Waals surface area contributed by atoms with Gasteiger partial charge in [-0.2, -0.15) is 0 Å². The molecule has 2 aromatic carbocycles. The molecule has 0 aliphatic carbocycles. The Morgan fingerprint density at radius 3 is 1.46 bits per heavy atom. The molecular formula is C23H33O2P. The zero-order valence-corrected chi connectivity index (χ0v) is 17.0. The van der Waals surface area contributed by atoms with E-state index in [1.165, 1.54) is 57.8 Å². The van der Waals surface area contributed by atoms with Crippen molar-refractivity contribution in [1.29, 1.82) is 0 Å². The number of unbranched alkanes of at least 4 members (excludes halogenated alkanes) is 8. The highest BCUT2D eigenvalue weighted by Crippen LogP contribution is 2.41. The summed E-state index contributed by atoms with van der Waals surface area (Å²) in [4.78, 5) is 0. The van der Waals surface area contributed by atoms with Gasteiger partial charge in [-0.1, -0.05) is 94.7 Å². The molecule has 0 spiro atoms. The van der Waals surface area contributed by atoms with Gasteiger partial charge in [-0.3, -0.25) is 0 Å². The average Bonchev–Trinajstić information content (AvgIpc) is 2.68. The van der Waals surface area contributed by atoms with E-state index in [1.807, 2.05) is 60.7 Å². The average molecular weight is 372 g/mol. The first-order valence-electron chi connectivity index (χ1n) is 10.1. The molecule has 0 amide bonds. The minimum Gasteiger partial charge on any atom is -0.439 e. The predicted molar refractivity (Wildman–Crippen MR) is 113 cm³/mol. The fourth-order valence-electron chi connectivity index (χ4n) is 2.86. The second-order valence-electron chi connectivity index (χ2n) is 6.69. The Bertz CT molecular complexity index is 517. The molecule has 0 saturated heterocycles. The molecule has 142 valence electrons. The number of rotatable bonds is 14. The lowest BCUT2D eigenvalue weighted by atomic mass is 10.1. The molecule has 0 bridgehead atoms. The highest BCUT2D eigenvalue weighted by atomic mass is 31.2. The Morgan fingerprint density at radius 2 is 1.00 bits per heavy atom. The zero-order valence-electron chi connectivity index (χ0n) is 16.1. The minimum atomic E-state index is -0.946. The normalized spacial score (nSPS) is 10.8. The van der Waals surface area contributed by atoms with Crippen LogP contribution in [0, 0.1) is 0 Å². The molecule has 2 rings (SSSR count). The molecule has 3 heteroatoms. The number of hydrogen-bond acceptors (Lipinski definition) is 2. The molecule has 2 nitrogen and oxygen atoms in total. The Labute approximate surface area is 160 Å². The summed E-state index contributed by atoms with van der Waals surface area (Å²) in [5.41, 5.74) is 0. The minimum absolute atomic E-state index is 0.894. The van der Waals surface area contributed by atoms with E-state index >= 15 is 0 Å². The van der Waals surface area contributed by atoms with Crippen LogP contribution in [0.4, 0.5) is 0 Å². The van der Waals surface area contributed by atoms with Crippen LogP contribution in [0.1, 0.15) is 64.7 Å². The molecule has 0 aliphatic rings. The number of benzene rings is 2. The van der Waals surface area contributed by atoms with Gasteiger partial charge in [-0.05, 0) is 30.7 Å². The lowest BCUT2D eigenvalue weighted by Crippen LogP contribution is -2.00. The first kappa shape index (κ1) is 20.8. The second kappa shape index (κ2) is 13.6. The van der Waals surface area contributed by atoms with Gasteiger partial charge in [0.05, 0.1) is 0 Å². The van der Waals surface area contributed by atoms with Crippen molar-refractivity contribution in [3.63, 3.8) is 0 Å². The van der Waals surface area contributed by atoms with E-state index in [4.69, 9.17) is 9.05 Å². The van der Waals surface area contributed by atoms with Crippen molar-refractivity contribution in [3.8, 4) is 11.5 Å². The van der Waals surface area contributed by atoms with Crippen LogP contribution in [0.5, 0.6) is 11.5 Å². The Hall–Kier alpha value is -1.53. The monoisotopic (exact) mass is 372 g/mol. The van der Waals surface area contributed by atoms with Crippen molar-refractivity contribution in [1.82, 2.24) is 0 Å². The van der Waals surface area contributed by atoms with Gasteiger partial charge in [0.25, 0.3) is 8.38 Å². The van der Waals surface area contributed by atoms with Gasteiger partial charge in [0.15, 0.2) is 0 Å². The van der Waals surface area contributed by atoms with E-state index in [1.54, 1.807) is 0 Å². The van der Waals surface area contributed by atoms with Crippen LogP contribution in [-0.2, 0) is 0 Å². The summed E-state index contributed by atoms with van der Waals surface area (Å²) < 4.78 is 12.3.